The lowest BCUT2D eigenvalue weighted by Crippen LogP contribution is -2.23. The van der Waals surface area contributed by atoms with Crippen LogP contribution in [0, 0.1) is 11.6 Å². The average molecular weight is 217 g/mol. The fourth-order valence-corrected chi connectivity index (χ4v) is 1.09. The van der Waals surface area contributed by atoms with E-state index in [0.29, 0.717) is 0 Å². The monoisotopic (exact) mass is 217 g/mol. The number of hydrogen-bond acceptors (Lipinski definition) is 3. The quantitative estimate of drug-likeness (QED) is 0.765. The van der Waals surface area contributed by atoms with E-state index in [9.17, 15) is 8.78 Å². The van der Waals surface area contributed by atoms with Crippen LogP contribution >= 0.6 is 0 Å². The standard InChI is InChI=1S/C10H13F2NO2/c1-14-10(15-2)6-13-9-4-3-7(11)5-8(9)12/h3-5,10,13H,6H2,1-2H3. The zero-order chi connectivity index (χ0) is 11.3. The van der Waals surface area contributed by atoms with Gasteiger partial charge < -0.3 is 14.8 Å². The number of ether oxygens (including phenoxy) is 2. The van der Waals surface area contributed by atoms with Crippen molar-refractivity contribution in [3.8, 4) is 0 Å². The number of rotatable bonds is 5. The van der Waals surface area contributed by atoms with Gasteiger partial charge in [-0.25, -0.2) is 8.78 Å². The SMILES string of the molecule is COC(CNc1ccc(F)cc1F)OC. The minimum absolute atomic E-state index is 0.218. The zero-order valence-corrected chi connectivity index (χ0v) is 8.59. The molecule has 0 bridgehead atoms. The molecular weight excluding hydrogens is 204 g/mol. The predicted octanol–water partition coefficient (Wildman–Crippen LogP) is 2.00. The van der Waals surface area contributed by atoms with Crippen LogP contribution in [0.2, 0.25) is 0 Å². The van der Waals surface area contributed by atoms with Crippen LogP contribution in [0.3, 0.4) is 0 Å². The highest BCUT2D eigenvalue weighted by Gasteiger charge is 2.07. The molecule has 3 nitrogen and oxygen atoms in total. The second kappa shape index (κ2) is 5.63. The van der Waals surface area contributed by atoms with E-state index in [1.807, 2.05) is 0 Å². The highest BCUT2D eigenvalue weighted by Crippen LogP contribution is 2.14. The third-order valence-corrected chi connectivity index (χ3v) is 1.92. The van der Waals surface area contributed by atoms with E-state index in [2.05, 4.69) is 5.32 Å². The second-order valence-corrected chi connectivity index (χ2v) is 2.91. The fraction of sp³-hybridized carbons (Fsp3) is 0.400. The molecule has 0 atom stereocenters. The molecule has 84 valence electrons. The summed E-state index contributed by atoms with van der Waals surface area (Å²) in [6.45, 7) is 0.287. The lowest BCUT2D eigenvalue weighted by atomic mass is 10.3. The molecule has 1 rings (SSSR count). The number of benzene rings is 1. The van der Waals surface area contributed by atoms with Crippen LogP contribution < -0.4 is 5.32 Å². The molecule has 1 aromatic carbocycles. The summed E-state index contributed by atoms with van der Waals surface area (Å²) in [6.07, 6.45) is -0.463. The minimum atomic E-state index is -0.638. The first-order valence-electron chi connectivity index (χ1n) is 4.42. The van der Waals surface area contributed by atoms with Gasteiger partial charge in [0.1, 0.15) is 11.6 Å². The topological polar surface area (TPSA) is 30.5 Å². The maximum absolute atomic E-state index is 13.1. The van der Waals surface area contributed by atoms with Crippen LogP contribution in [0.1, 0.15) is 0 Å². The van der Waals surface area contributed by atoms with E-state index in [1.54, 1.807) is 0 Å². The van der Waals surface area contributed by atoms with Gasteiger partial charge in [-0.2, -0.15) is 0 Å². The molecule has 1 N–H and O–H groups in total. The molecule has 0 heterocycles. The van der Waals surface area contributed by atoms with Crippen molar-refractivity contribution < 1.29 is 18.3 Å². The Balaban J connectivity index is 2.57. The van der Waals surface area contributed by atoms with Crippen LogP contribution in [0.4, 0.5) is 14.5 Å². The van der Waals surface area contributed by atoms with Crippen molar-refractivity contribution in [1.82, 2.24) is 0 Å². The van der Waals surface area contributed by atoms with Crippen LogP contribution in [-0.4, -0.2) is 27.1 Å². The predicted molar refractivity (Wildman–Crippen MR) is 52.7 cm³/mol. The van der Waals surface area contributed by atoms with Gasteiger partial charge in [0.05, 0.1) is 12.2 Å². The average Bonchev–Trinajstić information content (AvgIpc) is 2.22. The number of hydrogen-bond donors (Lipinski definition) is 1. The minimum Gasteiger partial charge on any atom is -0.378 e. The summed E-state index contributed by atoms with van der Waals surface area (Å²) in [5, 5.41) is 2.75. The maximum Gasteiger partial charge on any atom is 0.173 e. The molecule has 0 fully saturated rings. The molecule has 15 heavy (non-hydrogen) atoms. The van der Waals surface area contributed by atoms with Crippen LogP contribution in [0.25, 0.3) is 0 Å². The van der Waals surface area contributed by atoms with Gasteiger partial charge in [-0.15, -0.1) is 0 Å². The van der Waals surface area contributed by atoms with Crippen molar-refractivity contribution in [2.24, 2.45) is 0 Å². The largest absolute Gasteiger partial charge is 0.378 e. The molecule has 0 amide bonds. The Morgan fingerprint density at radius 2 is 1.93 bits per heavy atom. The molecule has 0 aliphatic carbocycles. The van der Waals surface area contributed by atoms with Gasteiger partial charge in [-0.3, -0.25) is 0 Å². The van der Waals surface area contributed by atoms with E-state index in [0.717, 1.165) is 6.07 Å². The Morgan fingerprint density at radius 1 is 1.27 bits per heavy atom. The molecule has 0 unspecified atom stereocenters. The summed E-state index contributed by atoms with van der Waals surface area (Å²) in [4.78, 5) is 0. The molecule has 0 saturated heterocycles. The Bertz CT molecular complexity index is 316. The van der Waals surface area contributed by atoms with Crippen molar-refractivity contribution in [2.45, 2.75) is 6.29 Å². The lowest BCUT2D eigenvalue weighted by molar-refractivity contribution is -0.0914. The fourth-order valence-electron chi connectivity index (χ4n) is 1.09. The molecule has 5 heteroatoms. The zero-order valence-electron chi connectivity index (χ0n) is 8.59. The van der Waals surface area contributed by atoms with Crippen molar-refractivity contribution in [2.75, 3.05) is 26.1 Å². The molecular formula is C10H13F2NO2. The smallest absolute Gasteiger partial charge is 0.173 e. The van der Waals surface area contributed by atoms with E-state index in [-0.39, 0.29) is 12.2 Å². The maximum atomic E-state index is 13.1. The number of methoxy groups -OCH3 is 2. The number of nitrogens with one attached hydrogen (secondary N) is 1. The summed E-state index contributed by atoms with van der Waals surface area (Å²) >= 11 is 0. The second-order valence-electron chi connectivity index (χ2n) is 2.91. The normalized spacial score (nSPS) is 10.7. The van der Waals surface area contributed by atoms with Gasteiger partial charge in [0.25, 0.3) is 0 Å². The van der Waals surface area contributed by atoms with Gasteiger partial charge in [-0.05, 0) is 12.1 Å². The Labute approximate surface area is 87.0 Å². The summed E-state index contributed by atoms with van der Waals surface area (Å²) in [5.41, 5.74) is 0.218. The van der Waals surface area contributed by atoms with E-state index < -0.39 is 17.9 Å². The summed E-state index contributed by atoms with van der Waals surface area (Å²) in [7, 11) is 2.97. The molecule has 0 aliphatic heterocycles. The Hall–Kier alpha value is -1.20. The number of halogens is 2. The third kappa shape index (κ3) is 3.45. The van der Waals surface area contributed by atoms with Crippen LogP contribution in [0.5, 0.6) is 0 Å². The molecule has 0 spiro atoms. The van der Waals surface area contributed by atoms with Gasteiger partial charge in [0, 0.05) is 20.3 Å². The van der Waals surface area contributed by atoms with E-state index in [1.165, 1.54) is 26.4 Å². The third-order valence-electron chi connectivity index (χ3n) is 1.92. The van der Waals surface area contributed by atoms with Gasteiger partial charge in [0.15, 0.2) is 6.29 Å². The van der Waals surface area contributed by atoms with Gasteiger partial charge >= 0.3 is 0 Å². The van der Waals surface area contributed by atoms with Gasteiger partial charge in [-0.1, -0.05) is 0 Å². The lowest BCUT2D eigenvalue weighted by Gasteiger charge is -2.15. The van der Waals surface area contributed by atoms with Crippen LogP contribution in [-0.2, 0) is 9.47 Å². The van der Waals surface area contributed by atoms with Crippen molar-refractivity contribution in [3.63, 3.8) is 0 Å². The van der Waals surface area contributed by atoms with Crippen molar-refractivity contribution in [3.05, 3.63) is 29.8 Å². The van der Waals surface area contributed by atoms with E-state index in [4.69, 9.17) is 9.47 Å². The first-order valence-corrected chi connectivity index (χ1v) is 4.42. The summed E-state index contributed by atoms with van der Waals surface area (Å²) < 4.78 is 35.5. The highest BCUT2D eigenvalue weighted by molar-refractivity contribution is 5.44. The van der Waals surface area contributed by atoms with Crippen molar-refractivity contribution in [1.29, 1.82) is 0 Å². The van der Waals surface area contributed by atoms with Crippen molar-refractivity contribution >= 4 is 5.69 Å². The summed E-state index contributed by atoms with van der Waals surface area (Å²) in [6, 6.07) is 3.32. The Morgan fingerprint density at radius 3 is 2.47 bits per heavy atom. The highest BCUT2D eigenvalue weighted by atomic mass is 19.1. The number of anilines is 1. The molecule has 0 aromatic heterocycles. The first-order chi connectivity index (χ1) is 7.17. The van der Waals surface area contributed by atoms with Crippen LogP contribution in [0.15, 0.2) is 18.2 Å². The van der Waals surface area contributed by atoms with Gasteiger partial charge in [0.2, 0.25) is 0 Å². The molecule has 0 radical (unpaired) electrons. The molecule has 0 aliphatic rings. The van der Waals surface area contributed by atoms with E-state index >= 15 is 0 Å². The summed E-state index contributed by atoms with van der Waals surface area (Å²) in [5.74, 6) is -1.24. The Kier molecular flexibility index (Phi) is 4.45. The molecule has 1 aromatic rings. The first kappa shape index (κ1) is 11.9. The molecule has 0 saturated carbocycles.